The molecule has 3 aromatic rings. The Morgan fingerprint density at radius 2 is 1.64 bits per heavy atom. The number of nitrogens with zero attached hydrogens (tertiary/aromatic N) is 4. The van der Waals surface area contributed by atoms with Gasteiger partial charge in [0.05, 0.1) is 11.1 Å². The van der Waals surface area contributed by atoms with E-state index in [0.29, 0.717) is 42.8 Å². The average molecular weight is 455 g/mol. The molecule has 2 amide bonds. The molecule has 0 spiro atoms. The van der Waals surface area contributed by atoms with Crippen LogP contribution < -0.4 is 0 Å². The van der Waals surface area contributed by atoms with Crippen LogP contribution in [0.15, 0.2) is 48.5 Å². The van der Waals surface area contributed by atoms with Crippen LogP contribution in [0.3, 0.4) is 0 Å². The Kier molecular flexibility index (Phi) is 5.15. The standard InChI is InChI=1S/C23H20F3N5O2/c24-23(25,26)18-5-1-14(2-6-18)3-8-21(32)30-10-16-12-31(13-17(16)11-30)22(33)15-4-7-19-20(9-15)28-29-27-19/h1-9,16-17H,10-13H2,(H,27,28,29)/b8-3+. The number of carbonyl (C=O) groups is 2. The first-order valence-corrected chi connectivity index (χ1v) is 10.5. The molecule has 2 saturated heterocycles. The zero-order valence-corrected chi connectivity index (χ0v) is 17.4. The normalized spacial score (nSPS) is 20.7. The number of nitrogens with one attached hydrogen (secondary N) is 1. The Balaban J connectivity index is 1.17. The molecule has 2 unspecified atom stereocenters. The molecule has 0 aliphatic carbocycles. The Hall–Kier alpha value is -3.69. The SMILES string of the molecule is O=C(/C=C/c1ccc(C(F)(F)F)cc1)N1CC2CN(C(=O)c3ccc4[nH]nnc4c3)CC2C1. The highest BCUT2D eigenvalue weighted by molar-refractivity contribution is 5.97. The highest BCUT2D eigenvalue weighted by Crippen LogP contribution is 2.32. The molecule has 2 aliphatic rings. The van der Waals surface area contributed by atoms with Gasteiger partial charge in [0.25, 0.3) is 5.91 Å². The summed E-state index contributed by atoms with van der Waals surface area (Å²) < 4.78 is 38.0. The summed E-state index contributed by atoms with van der Waals surface area (Å²) in [4.78, 5) is 29.0. The number of aromatic amines is 1. The van der Waals surface area contributed by atoms with E-state index in [4.69, 9.17) is 0 Å². The third-order valence-electron chi connectivity index (χ3n) is 6.31. The molecular weight excluding hydrogens is 435 g/mol. The predicted octanol–water partition coefficient (Wildman–Crippen LogP) is 3.22. The lowest BCUT2D eigenvalue weighted by molar-refractivity contribution is -0.137. The fourth-order valence-corrected chi connectivity index (χ4v) is 4.55. The number of H-pyrrole nitrogens is 1. The first kappa shape index (κ1) is 21.2. The van der Waals surface area contributed by atoms with Crippen LogP contribution in [0, 0.1) is 11.8 Å². The Morgan fingerprint density at radius 1 is 0.970 bits per heavy atom. The van der Waals surface area contributed by atoms with E-state index < -0.39 is 11.7 Å². The number of amides is 2. The van der Waals surface area contributed by atoms with E-state index in [2.05, 4.69) is 15.4 Å². The van der Waals surface area contributed by atoms with Crippen LogP contribution in [0.2, 0.25) is 0 Å². The maximum Gasteiger partial charge on any atom is 0.416 e. The summed E-state index contributed by atoms with van der Waals surface area (Å²) in [5.41, 5.74) is 1.76. The largest absolute Gasteiger partial charge is 0.416 e. The second kappa shape index (κ2) is 8.02. The molecule has 0 radical (unpaired) electrons. The summed E-state index contributed by atoms with van der Waals surface area (Å²) in [6.45, 7) is 2.25. The number of rotatable bonds is 3. The Bertz CT molecular complexity index is 1220. The van der Waals surface area contributed by atoms with Gasteiger partial charge in [-0.05, 0) is 42.0 Å². The molecule has 2 fully saturated rings. The number of alkyl halides is 3. The zero-order valence-electron chi connectivity index (χ0n) is 17.4. The van der Waals surface area contributed by atoms with Crippen LogP contribution in [0.25, 0.3) is 17.1 Å². The van der Waals surface area contributed by atoms with Gasteiger partial charge in [-0.25, -0.2) is 0 Å². The van der Waals surface area contributed by atoms with Crippen LogP contribution in [0.1, 0.15) is 21.5 Å². The number of hydrogen-bond donors (Lipinski definition) is 1. The lowest BCUT2D eigenvalue weighted by atomic mass is 10.0. The summed E-state index contributed by atoms with van der Waals surface area (Å²) in [6.07, 6.45) is -1.48. The zero-order chi connectivity index (χ0) is 23.2. The topological polar surface area (TPSA) is 82.2 Å². The van der Waals surface area contributed by atoms with Crippen LogP contribution in [-0.4, -0.2) is 63.2 Å². The quantitative estimate of drug-likeness (QED) is 0.615. The summed E-state index contributed by atoms with van der Waals surface area (Å²) in [5.74, 6) is 0.161. The van der Waals surface area contributed by atoms with E-state index in [-0.39, 0.29) is 23.7 Å². The molecule has 10 heteroatoms. The number of carbonyl (C=O) groups excluding carboxylic acids is 2. The van der Waals surface area contributed by atoms with Gasteiger partial charge in [0.2, 0.25) is 5.91 Å². The third-order valence-corrected chi connectivity index (χ3v) is 6.31. The minimum Gasteiger partial charge on any atom is -0.338 e. The van der Waals surface area contributed by atoms with Gasteiger partial charge in [-0.3, -0.25) is 14.7 Å². The van der Waals surface area contributed by atoms with E-state index in [1.54, 1.807) is 23.1 Å². The van der Waals surface area contributed by atoms with Crippen molar-refractivity contribution in [2.75, 3.05) is 26.2 Å². The van der Waals surface area contributed by atoms with Crippen LogP contribution in [0.4, 0.5) is 13.2 Å². The van der Waals surface area contributed by atoms with E-state index >= 15 is 0 Å². The van der Waals surface area contributed by atoms with E-state index in [1.807, 2.05) is 4.90 Å². The van der Waals surface area contributed by atoms with Crippen molar-refractivity contribution in [3.8, 4) is 0 Å². The predicted molar refractivity (Wildman–Crippen MR) is 114 cm³/mol. The van der Waals surface area contributed by atoms with Gasteiger partial charge < -0.3 is 9.80 Å². The minimum atomic E-state index is -4.39. The first-order chi connectivity index (χ1) is 15.8. The van der Waals surface area contributed by atoms with Crippen LogP contribution in [0.5, 0.6) is 0 Å². The summed E-state index contributed by atoms with van der Waals surface area (Å²) in [7, 11) is 0. The number of aromatic nitrogens is 3. The lowest BCUT2D eigenvalue weighted by Crippen LogP contribution is -2.35. The molecule has 1 N–H and O–H groups in total. The molecule has 1 aromatic heterocycles. The first-order valence-electron chi connectivity index (χ1n) is 10.5. The van der Waals surface area contributed by atoms with Gasteiger partial charge in [0.1, 0.15) is 5.52 Å². The van der Waals surface area contributed by atoms with Gasteiger partial charge >= 0.3 is 6.18 Å². The fourth-order valence-electron chi connectivity index (χ4n) is 4.55. The lowest BCUT2D eigenvalue weighted by Gasteiger charge is -2.21. The number of hydrogen-bond acceptors (Lipinski definition) is 4. The van der Waals surface area contributed by atoms with Crippen LogP contribution in [-0.2, 0) is 11.0 Å². The minimum absolute atomic E-state index is 0.0608. The number of fused-ring (bicyclic) bond motifs is 2. The molecular formula is C23H20F3N5O2. The van der Waals surface area contributed by atoms with Gasteiger partial charge in [-0.15, -0.1) is 5.10 Å². The molecule has 2 atom stereocenters. The molecule has 0 bridgehead atoms. The van der Waals surface area contributed by atoms with Gasteiger partial charge in [-0.1, -0.05) is 17.3 Å². The molecule has 5 rings (SSSR count). The van der Waals surface area contributed by atoms with Crippen molar-refractivity contribution >= 4 is 28.9 Å². The smallest absolute Gasteiger partial charge is 0.338 e. The molecule has 2 aliphatic heterocycles. The van der Waals surface area contributed by atoms with Gasteiger partial charge in [0, 0.05) is 49.7 Å². The van der Waals surface area contributed by atoms with Crippen molar-refractivity contribution < 1.29 is 22.8 Å². The molecule has 3 heterocycles. The summed E-state index contributed by atoms with van der Waals surface area (Å²) in [5, 5.41) is 10.4. The number of halogens is 3. The average Bonchev–Trinajstić information content (AvgIpc) is 3.50. The molecule has 0 saturated carbocycles. The Labute approximate surface area is 186 Å². The molecule has 170 valence electrons. The monoisotopic (exact) mass is 455 g/mol. The van der Waals surface area contributed by atoms with Gasteiger partial charge in [-0.2, -0.15) is 13.2 Å². The van der Waals surface area contributed by atoms with E-state index in [1.165, 1.54) is 24.3 Å². The Morgan fingerprint density at radius 3 is 2.30 bits per heavy atom. The van der Waals surface area contributed by atoms with Crippen molar-refractivity contribution in [2.45, 2.75) is 6.18 Å². The third kappa shape index (κ3) is 4.20. The molecule has 33 heavy (non-hydrogen) atoms. The van der Waals surface area contributed by atoms with E-state index in [0.717, 1.165) is 17.6 Å². The summed E-state index contributed by atoms with van der Waals surface area (Å²) in [6, 6.07) is 9.92. The molecule has 7 nitrogen and oxygen atoms in total. The highest BCUT2D eigenvalue weighted by atomic mass is 19.4. The van der Waals surface area contributed by atoms with Crippen molar-refractivity contribution in [2.24, 2.45) is 11.8 Å². The highest BCUT2D eigenvalue weighted by Gasteiger charge is 2.42. The van der Waals surface area contributed by atoms with Crippen molar-refractivity contribution in [3.05, 3.63) is 65.2 Å². The van der Waals surface area contributed by atoms with Crippen molar-refractivity contribution in [1.29, 1.82) is 0 Å². The van der Waals surface area contributed by atoms with Crippen molar-refractivity contribution in [1.82, 2.24) is 25.2 Å². The van der Waals surface area contributed by atoms with Gasteiger partial charge in [0.15, 0.2) is 0 Å². The maximum absolute atomic E-state index is 12.9. The van der Waals surface area contributed by atoms with Crippen LogP contribution >= 0.6 is 0 Å². The maximum atomic E-state index is 12.9. The second-order valence-electron chi connectivity index (χ2n) is 8.47. The summed E-state index contributed by atoms with van der Waals surface area (Å²) >= 11 is 0. The second-order valence-corrected chi connectivity index (χ2v) is 8.47. The van der Waals surface area contributed by atoms with Crippen molar-refractivity contribution in [3.63, 3.8) is 0 Å². The van der Waals surface area contributed by atoms with E-state index in [9.17, 15) is 22.8 Å². The molecule has 2 aromatic carbocycles. The number of benzene rings is 2. The fraction of sp³-hybridized carbons (Fsp3) is 0.304. The number of likely N-dealkylation sites (tertiary alicyclic amines) is 2.